The number of hydrogen-bond donors (Lipinski definition) is 1. The molecular weight excluding hydrogens is 390 g/mol. The zero-order valence-electron chi connectivity index (χ0n) is 16.3. The Morgan fingerprint density at radius 2 is 1.97 bits per heavy atom. The fourth-order valence-corrected chi connectivity index (χ4v) is 3.86. The number of aromatic nitrogens is 3. The van der Waals surface area contributed by atoms with Gasteiger partial charge in [0, 0.05) is 30.4 Å². The zero-order valence-corrected chi connectivity index (χ0v) is 17.1. The summed E-state index contributed by atoms with van der Waals surface area (Å²) in [6.45, 7) is 4.24. The number of amides is 2. The normalized spacial score (nSPS) is 14.8. The van der Waals surface area contributed by atoms with E-state index >= 15 is 0 Å². The van der Waals surface area contributed by atoms with Crippen LogP contribution >= 0.6 is 11.6 Å². The maximum Gasteiger partial charge on any atom is 0.269 e. The molecule has 2 amide bonds. The van der Waals surface area contributed by atoms with Gasteiger partial charge in [-0.15, -0.1) is 0 Å². The van der Waals surface area contributed by atoms with Crippen molar-refractivity contribution < 1.29 is 9.59 Å². The maximum absolute atomic E-state index is 13.1. The van der Waals surface area contributed by atoms with Gasteiger partial charge < -0.3 is 9.88 Å². The van der Waals surface area contributed by atoms with Gasteiger partial charge in [-0.25, -0.2) is 4.98 Å². The van der Waals surface area contributed by atoms with E-state index in [2.05, 4.69) is 15.3 Å². The molecule has 148 valence electrons. The first-order valence-electron chi connectivity index (χ1n) is 9.12. The number of halogens is 1. The fourth-order valence-electron chi connectivity index (χ4n) is 3.69. The van der Waals surface area contributed by atoms with Crippen molar-refractivity contribution in [3.8, 4) is 0 Å². The second kappa shape index (κ2) is 7.00. The van der Waals surface area contributed by atoms with Crippen molar-refractivity contribution in [2.24, 2.45) is 7.05 Å². The van der Waals surface area contributed by atoms with E-state index in [-0.39, 0.29) is 18.4 Å². The monoisotopic (exact) mass is 409 g/mol. The number of nitrogens with one attached hydrogen (secondary N) is 1. The largest absolute Gasteiger partial charge is 0.347 e. The number of pyridine rings is 1. The van der Waals surface area contributed by atoms with Crippen molar-refractivity contribution in [1.29, 1.82) is 0 Å². The average Bonchev–Trinajstić information content (AvgIpc) is 3.19. The topological polar surface area (TPSA) is 80.1 Å². The van der Waals surface area contributed by atoms with Gasteiger partial charge in [0.2, 0.25) is 0 Å². The third-order valence-corrected chi connectivity index (χ3v) is 5.41. The fraction of sp³-hybridized carbons (Fsp3) is 0.238. The first kappa shape index (κ1) is 19.1. The Bertz CT molecular complexity index is 1120. The minimum Gasteiger partial charge on any atom is -0.347 e. The van der Waals surface area contributed by atoms with Crippen molar-refractivity contribution in [3.63, 3.8) is 0 Å². The lowest BCUT2D eigenvalue weighted by atomic mass is 9.93. The predicted molar refractivity (Wildman–Crippen MR) is 110 cm³/mol. The van der Waals surface area contributed by atoms with E-state index in [1.807, 2.05) is 26.0 Å². The minimum atomic E-state index is -0.574. The van der Waals surface area contributed by atoms with E-state index in [9.17, 15) is 9.59 Å². The van der Waals surface area contributed by atoms with Gasteiger partial charge in [0.25, 0.3) is 11.8 Å². The van der Waals surface area contributed by atoms with Crippen molar-refractivity contribution in [2.45, 2.75) is 25.9 Å². The number of imidazole rings is 1. The van der Waals surface area contributed by atoms with Gasteiger partial charge in [-0.05, 0) is 49.2 Å². The first-order chi connectivity index (χ1) is 13.8. The molecule has 3 heterocycles. The number of carbonyl (C=O) groups is 2. The third-order valence-electron chi connectivity index (χ3n) is 5.17. The highest BCUT2D eigenvalue weighted by molar-refractivity contribution is 6.31. The number of fused-ring (bicyclic) bond motifs is 1. The number of aryl methyl sites for hydroxylation is 1. The average molecular weight is 410 g/mol. The highest BCUT2D eigenvalue weighted by atomic mass is 35.5. The Labute approximate surface area is 173 Å². The van der Waals surface area contributed by atoms with E-state index in [4.69, 9.17) is 11.6 Å². The number of anilines is 1. The Balaban J connectivity index is 1.58. The molecule has 1 N–H and O–H groups in total. The van der Waals surface area contributed by atoms with E-state index in [0.29, 0.717) is 22.0 Å². The molecule has 2 aromatic heterocycles. The van der Waals surface area contributed by atoms with Crippen LogP contribution in [0.5, 0.6) is 0 Å². The summed E-state index contributed by atoms with van der Waals surface area (Å²) in [6, 6.07) is 7.18. The van der Waals surface area contributed by atoms with Crippen LogP contribution in [0.25, 0.3) is 0 Å². The standard InChI is InChI=1S/C21H20ClN5O2/c1-21(2)17-7-14(22)4-5-16(17)20(29)27(21)15-6-13(8-23-10-15)9-25-19(28)18-11-24-12-26(18)3/h4-8,10-12H,9H2,1-3H3,(H,25,28). The van der Waals surface area contributed by atoms with Gasteiger partial charge in [0.05, 0.1) is 29.9 Å². The highest BCUT2D eigenvalue weighted by Crippen LogP contribution is 2.42. The second-order valence-electron chi connectivity index (χ2n) is 7.51. The quantitative estimate of drug-likeness (QED) is 0.717. The number of nitrogens with zero attached hydrogens (tertiary/aromatic N) is 4. The maximum atomic E-state index is 13.1. The smallest absolute Gasteiger partial charge is 0.269 e. The van der Waals surface area contributed by atoms with Crippen LogP contribution in [0, 0.1) is 0 Å². The molecule has 0 bridgehead atoms. The molecule has 4 rings (SSSR count). The van der Waals surface area contributed by atoms with Crippen molar-refractivity contribution in [1.82, 2.24) is 19.9 Å². The molecule has 7 nitrogen and oxygen atoms in total. The van der Waals surface area contributed by atoms with Gasteiger partial charge in [-0.2, -0.15) is 0 Å². The summed E-state index contributed by atoms with van der Waals surface area (Å²) < 4.78 is 1.65. The van der Waals surface area contributed by atoms with Crippen LogP contribution < -0.4 is 10.2 Å². The summed E-state index contributed by atoms with van der Waals surface area (Å²) in [6.07, 6.45) is 6.41. The van der Waals surface area contributed by atoms with Gasteiger partial charge in [0.15, 0.2) is 0 Å². The van der Waals surface area contributed by atoms with Crippen LogP contribution in [0.1, 0.15) is 45.8 Å². The molecule has 0 radical (unpaired) electrons. The molecule has 0 aliphatic carbocycles. The Morgan fingerprint density at radius 1 is 1.17 bits per heavy atom. The minimum absolute atomic E-state index is 0.0977. The molecule has 0 fully saturated rings. The molecule has 1 aromatic carbocycles. The molecule has 3 aromatic rings. The Hall–Kier alpha value is -3.19. The van der Waals surface area contributed by atoms with Gasteiger partial charge >= 0.3 is 0 Å². The zero-order chi connectivity index (χ0) is 20.8. The van der Waals surface area contributed by atoms with Gasteiger partial charge in [-0.1, -0.05) is 11.6 Å². The third kappa shape index (κ3) is 3.27. The molecule has 1 aliphatic rings. The molecule has 0 saturated carbocycles. The Kier molecular flexibility index (Phi) is 4.62. The second-order valence-corrected chi connectivity index (χ2v) is 7.95. The van der Waals surface area contributed by atoms with Gasteiger partial charge in [0.1, 0.15) is 5.69 Å². The number of benzene rings is 1. The number of carbonyl (C=O) groups excluding carboxylic acids is 2. The van der Waals surface area contributed by atoms with Crippen LogP contribution in [-0.4, -0.2) is 26.3 Å². The van der Waals surface area contributed by atoms with E-state index in [1.165, 1.54) is 6.20 Å². The Morgan fingerprint density at radius 3 is 2.69 bits per heavy atom. The number of hydrogen-bond acceptors (Lipinski definition) is 4. The molecule has 0 unspecified atom stereocenters. The molecule has 0 saturated heterocycles. The first-order valence-corrected chi connectivity index (χ1v) is 9.50. The number of rotatable bonds is 4. The summed E-state index contributed by atoms with van der Waals surface area (Å²) in [4.78, 5) is 35.3. The molecule has 29 heavy (non-hydrogen) atoms. The summed E-state index contributed by atoms with van der Waals surface area (Å²) in [5.74, 6) is -0.324. The summed E-state index contributed by atoms with van der Waals surface area (Å²) in [5, 5.41) is 3.45. The van der Waals surface area contributed by atoms with Crippen molar-refractivity contribution in [3.05, 3.63) is 76.6 Å². The summed E-state index contributed by atoms with van der Waals surface area (Å²) in [7, 11) is 1.76. The van der Waals surface area contributed by atoms with Crippen LogP contribution in [0.3, 0.4) is 0 Å². The molecular formula is C21H20ClN5O2. The van der Waals surface area contributed by atoms with E-state index in [1.54, 1.807) is 47.4 Å². The molecule has 8 heteroatoms. The highest BCUT2D eigenvalue weighted by Gasteiger charge is 2.44. The predicted octanol–water partition coefficient (Wildman–Crippen LogP) is 3.29. The van der Waals surface area contributed by atoms with Crippen LogP contribution in [0.4, 0.5) is 5.69 Å². The van der Waals surface area contributed by atoms with Crippen LogP contribution in [0.2, 0.25) is 5.02 Å². The van der Waals surface area contributed by atoms with E-state index < -0.39 is 5.54 Å². The van der Waals surface area contributed by atoms with Gasteiger partial charge in [-0.3, -0.25) is 19.5 Å². The molecule has 1 aliphatic heterocycles. The summed E-state index contributed by atoms with van der Waals surface area (Å²) >= 11 is 6.15. The van der Waals surface area contributed by atoms with Crippen LogP contribution in [0.15, 0.2) is 49.2 Å². The summed E-state index contributed by atoms with van der Waals surface area (Å²) in [5.41, 5.74) is 2.86. The van der Waals surface area contributed by atoms with E-state index in [0.717, 1.165) is 11.1 Å². The molecule has 0 spiro atoms. The lowest BCUT2D eigenvalue weighted by molar-refractivity contribution is 0.0940. The van der Waals surface area contributed by atoms with Crippen LogP contribution in [-0.2, 0) is 19.1 Å². The SMILES string of the molecule is Cn1cncc1C(=O)NCc1cncc(N2C(=O)c3ccc(Cl)cc3C2(C)C)c1. The lowest BCUT2D eigenvalue weighted by Gasteiger charge is -2.32. The van der Waals surface area contributed by atoms with Crippen molar-refractivity contribution in [2.75, 3.05) is 4.90 Å². The molecule has 0 atom stereocenters. The lowest BCUT2D eigenvalue weighted by Crippen LogP contribution is -2.39. The van der Waals surface area contributed by atoms with Crippen molar-refractivity contribution >= 4 is 29.1 Å².